The fourth-order valence-corrected chi connectivity index (χ4v) is 4.73. The molecular weight excluding hydrogens is 250 g/mol. The van der Waals surface area contributed by atoms with Crippen molar-refractivity contribution in [1.29, 1.82) is 0 Å². The van der Waals surface area contributed by atoms with Crippen LogP contribution in [-0.2, 0) is 9.47 Å². The lowest BCUT2D eigenvalue weighted by Crippen LogP contribution is -2.58. The summed E-state index contributed by atoms with van der Waals surface area (Å²) in [6.45, 7) is 3.81. The van der Waals surface area contributed by atoms with Gasteiger partial charge in [0.1, 0.15) is 0 Å². The summed E-state index contributed by atoms with van der Waals surface area (Å²) in [4.78, 5) is 0. The second-order valence-corrected chi connectivity index (χ2v) is 7.22. The first-order chi connectivity index (χ1) is 9.70. The smallest absolute Gasteiger partial charge is 0.0835 e. The molecule has 1 spiro atoms. The van der Waals surface area contributed by atoms with E-state index in [4.69, 9.17) is 15.2 Å². The maximum Gasteiger partial charge on any atom is 0.0835 e. The molecule has 0 amide bonds. The van der Waals surface area contributed by atoms with Crippen LogP contribution in [-0.4, -0.2) is 30.5 Å². The van der Waals surface area contributed by atoms with Crippen LogP contribution >= 0.6 is 0 Å². The Morgan fingerprint density at radius 2 is 1.90 bits per heavy atom. The Bertz CT molecular complexity index is 315. The molecule has 0 aromatic heterocycles. The maximum atomic E-state index is 6.76. The van der Waals surface area contributed by atoms with E-state index in [1.807, 2.05) is 0 Å². The Kier molecular flexibility index (Phi) is 4.40. The molecule has 20 heavy (non-hydrogen) atoms. The molecule has 1 aliphatic heterocycles. The monoisotopic (exact) mass is 281 g/mol. The molecule has 2 atom stereocenters. The van der Waals surface area contributed by atoms with Gasteiger partial charge in [-0.25, -0.2) is 0 Å². The average molecular weight is 281 g/mol. The van der Waals surface area contributed by atoms with E-state index in [1.165, 1.54) is 44.9 Å². The van der Waals surface area contributed by atoms with Crippen LogP contribution in [0.5, 0.6) is 0 Å². The van der Waals surface area contributed by atoms with Crippen molar-refractivity contribution in [3.63, 3.8) is 0 Å². The van der Waals surface area contributed by atoms with Crippen LogP contribution in [0.3, 0.4) is 0 Å². The zero-order valence-corrected chi connectivity index (χ0v) is 13.0. The summed E-state index contributed by atoms with van der Waals surface area (Å²) in [5.41, 5.74) is 6.92. The second-order valence-electron chi connectivity index (χ2n) is 7.22. The topological polar surface area (TPSA) is 44.5 Å². The normalized spacial score (nSPS) is 33.6. The third-order valence-corrected chi connectivity index (χ3v) is 6.04. The molecule has 3 fully saturated rings. The van der Waals surface area contributed by atoms with Gasteiger partial charge in [-0.3, -0.25) is 0 Å². The minimum Gasteiger partial charge on any atom is -0.375 e. The maximum absolute atomic E-state index is 6.76. The quantitative estimate of drug-likeness (QED) is 0.859. The first-order valence-corrected chi connectivity index (χ1v) is 8.73. The minimum absolute atomic E-state index is 0.0417. The van der Waals surface area contributed by atoms with Crippen LogP contribution in [0.1, 0.15) is 71.1 Å². The summed E-state index contributed by atoms with van der Waals surface area (Å²) in [5, 5.41) is 0. The molecule has 1 saturated heterocycles. The van der Waals surface area contributed by atoms with Crippen LogP contribution in [0.2, 0.25) is 0 Å². The van der Waals surface area contributed by atoms with Gasteiger partial charge in [0.2, 0.25) is 0 Å². The van der Waals surface area contributed by atoms with E-state index in [0.717, 1.165) is 32.5 Å². The molecule has 3 heteroatoms. The van der Waals surface area contributed by atoms with Gasteiger partial charge < -0.3 is 15.2 Å². The third kappa shape index (κ3) is 2.65. The summed E-state index contributed by atoms with van der Waals surface area (Å²) < 4.78 is 12.3. The van der Waals surface area contributed by atoms with Crippen molar-refractivity contribution in [1.82, 2.24) is 0 Å². The Hall–Kier alpha value is -0.120. The standard InChI is InChI=1S/C17H31NO2/c1-2-19-17(10-4-3-5-11-17)15(18)14-7-12-20-16(13-14)8-6-9-16/h14-15H,2-13,18H2,1H3. The highest BCUT2D eigenvalue weighted by Crippen LogP contribution is 2.47. The lowest BCUT2D eigenvalue weighted by molar-refractivity contribution is -0.164. The Morgan fingerprint density at radius 1 is 1.15 bits per heavy atom. The molecule has 0 bridgehead atoms. The molecule has 0 aromatic rings. The van der Waals surface area contributed by atoms with Crippen molar-refractivity contribution in [3.8, 4) is 0 Å². The first-order valence-electron chi connectivity index (χ1n) is 8.73. The van der Waals surface area contributed by atoms with Gasteiger partial charge in [0, 0.05) is 19.3 Å². The summed E-state index contributed by atoms with van der Waals surface area (Å²) in [7, 11) is 0. The van der Waals surface area contributed by atoms with E-state index in [0.29, 0.717) is 5.92 Å². The average Bonchev–Trinajstić information content (AvgIpc) is 2.46. The number of hydrogen-bond acceptors (Lipinski definition) is 3. The van der Waals surface area contributed by atoms with E-state index in [-0.39, 0.29) is 17.2 Å². The van der Waals surface area contributed by atoms with E-state index in [9.17, 15) is 0 Å². The summed E-state index contributed by atoms with van der Waals surface area (Å²) >= 11 is 0. The molecule has 3 aliphatic rings. The van der Waals surface area contributed by atoms with E-state index in [2.05, 4.69) is 6.92 Å². The number of hydrogen-bond donors (Lipinski definition) is 1. The molecule has 2 N–H and O–H groups in total. The zero-order valence-electron chi connectivity index (χ0n) is 13.0. The number of rotatable bonds is 4. The van der Waals surface area contributed by atoms with Crippen molar-refractivity contribution < 1.29 is 9.47 Å². The van der Waals surface area contributed by atoms with Gasteiger partial charge in [-0.05, 0) is 57.8 Å². The molecule has 2 saturated carbocycles. The van der Waals surface area contributed by atoms with Crippen molar-refractivity contribution in [2.24, 2.45) is 11.7 Å². The van der Waals surface area contributed by atoms with Gasteiger partial charge in [-0.2, -0.15) is 0 Å². The highest BCUT2D eigenvalue weighted by molar-refractivity contribution is 5.02. The highest BCUT2D eigenvalue weighted by atomic mass is 16.5. The molecule has 3 rings (SSSR count). The van der Waals surface area contributed by atoms with Gasteiger partial charge in [0.15, 0.2) is 0 Å². The predicted molar refractivity (Wildman–Crippen MR) is 80.7 cm³/mol. The Morgan fingerprint density at radius 3 is 2.50 bits per heavy atom. The summed E-state index contributed by atoms with van der Waals surface area (Å²) in [5.74, 6) is 0.591. The van der Waals surface area contributed by atoms with E-state index < -0.39 is 0 Å². The van der Waals surface area contributed by atoms with Crippen LogP contribution in [0.25, 0.3) is 0 Å². The zero-order chi connectivity index (χ0) is 14.1. The van der Waals surface area contributed by atoms with Gasteiger partial charge in [-0.1, -0.05) is 19.3 Å². The molecular formula is C17H31NO2. The molecule has 2 unspecified atom stereocenters. The molecule has 1 heterocycles. The van der Waals surface area contributed by atoms with Gasteiger partial charge in [-0.15, -0.1) is 0 Å². The molecule has 0 aromatic carbocycles. The van der Waals surface area contributed by atoms with Crippen LogP contribution in [0.15, 0.2) is 0 Å². The number of ether oxygens (including phenoxy) is 2. The van der Waals surface area contributed by atoms with E-state index >= 15 is 0 Å². The third-order valence-electron chi connectivity index (χ3n) is 6.04. The van der Waals surface area contributed by atoms with Crippen molar-refractivity contribution in [3.05, 3.63) is 0 Å². The van der Waals surface area contributed by atoms with Crippen LogP contribution in [0, 0.1) is 5.92 Å². The molecule has 116 valence electrons. The van der Waals surface area contributed by atoms with E-state index in [1.54, 1.807) is 0 Å². The SMILES string of the molecule is CCOC1(C(N)C2CCOC3(CCC3)C2)CCCCC1. The largest absolute Gasteiger partial charge is 0.375 e. The second kappa shape index (κ2) is 5.94. The fraction of sp³-hybridized carbons (Fsp3) is 1.00. The lowest BCUT2D eigenvalue weighted by atomic mass is 9.66. The first kappa shape index (κ1) is 14.8. The molecule has 0 radical (unpaired) electrons. The molecule has 3 nitrogen and oxygen atoms in total. The molecule has 2 aliphatic carbocycles. The van der Waals surface area contributed by atoms with Crippen LogP contribution in [0.4, 0.5) is 0 Å². The predicted octanol–water partition coefficient (Wildman–Crippen LogP) is 3.40. The lowest BCUT2D eigenvalue weighted by Gasteiger charge is -2.52. The van der Waals surface area contributed by atoms with Crippen LogP contribution < -0.4 is 5.73 Å². The van der Waals surface area contributed by atoms with Crippen molar-refractivity contribution in [2.75, 3.05) is 13.2 Å². The summed E-state index contributed by atoms with van der Waals surface area (Å²) in [6.07, 6.45) is 12.3. The Balaban J connectivity index is 1.70. The van der Waals surface area contributed by atoms with Crippen molar-refractivity contribution in [2.45, 2.75) is 88.4 Å². The fourth-order valence-electron chi connectivity index (χ4n) is 4.73. The highest BCUT2D eigenvalue weighted by Gasteiger charge is 2.48. The van der Waals surface area contributed by atoms with Gasteiger partial charge >= 0.3 is 0 Å². The van der Waals surface area contributed by atoms with Crippen molar-refractivity contribution >= 4 is 0 Å². The van der Waals surface area contributed by atoms with Gasteiger partial charge in [0.25, 0.3) is 0 Å². The minimum atomic E-state index is -0.0417. The Labute approximate surface area is 123 Å². The van der Waals surface area contributed by atoms with Gasteiger partial charge in [0.05, 0.1) is 11.2 Å². The number of nitrogens with two attached hydrogens (primary N) is 1. The summed E-state index contributed by atoms with van der Waals surface area (Å²) in [6, 6.07) is 0.198.